The van der Waals surface area contributed by atoms with Gasteiger partial charge in [-0.3, -0.25) is 0 Å². The van der Waals surface area contributed by atoms with Gasteiger partial charge in [0, 0.05) is 5.56 Å². The van der Waals surface area contributed by atoms with E-state index in [1.54, 1.807) is 12.1 Å². The van der Waals surface area contributed by atoms with E-state index in [0.717, 1.165) is 5.56 Å². The highest BCUT2D eigenvalue weighted by Gasteiger charge is 2.45. The summed E-state index contributed by atoms with van der Waals surface area (Å²) >= 11 is 0. The molecular formula is C25H21ClFP. The van der Waals surface area contributed by atoms with Crippen molar-refractivity contribution in [2.45, 2.75) is 6.16 Å². The van der Waals surface area contributed by atoms with Crippen LogP contribution in [-0.4, -0.2) is 0 Å². The fourth-order valence-corrected chi connectivity index (χ4v) is 7.90. The van der Waals surface area contributed by atoms with Gasteiger partial charge in [0.25, 0.3) is 0 Å². The minimum absolute atomic E-state index is 0. The molecule has 4 rings (SSSR count). The van der Waals surface area contributed by atoms with Crippen LogP contribution in [0.25, 0.3) is 0 Å². The van der Waals surface area contributed by atoms with Crippen LogP contribution in [0.4, 0.5) is 4.39 Å². The molecule has 0 amide bonds. The Bertz CT molecular complexity index is 907. The predicted molar refractivity (Wildman–Crippen MR) is 115 cm³/mol. The molecule has 0 bridgehead atoms. The first-order valence-electron chi connectivity index (χ1n) is 9.09. The van der Waals surface area contributed by atoms with Gasteiger partial charge >= 0.3 is 0 Å². The Morgan fingerprint density at radius 1 is 0.500 bits per heavy atom. The van der Waals surface area contributed by atoms with Crippen LogP contribution in [0.5, 0.6) is 0 Å². The molecule has 0 spiro atoms. The summed E-state index contributed by atoms with van der Waals surface area (Å²) < 4.78 is 14.7. The number of hydrogen-bond donors (Lipinski definition) is 0. The van der Waals surface area contributed by atoms with Gasteiger partial charge < -0.3 is 12.4 Å². The van der Waals surface area contributed by atoms with Gasteiger partial charge in [-0.05, 0) is 42.5 Å². The first-order valence-corrected chi connectivity index (χ1v) is 11.1. The second-order valence-electron chi connectivity index (χ2n) is 6.57. The van der Waals surface area contributed by atoms with E-state index in [-0.39, 0.29) is 18.2 Å². The van der Waals surface area contributed by atoms with Crippen molar-refractivity contribution in [1.82, 2.24) is 0 Å². The van der Waals surface area contributed by atoms with Crippen molar-refractivity contribution in [3.63, 3.8) is 0 Å². The first-order chi connectivity index (χ1) is 13.3. The third-order valence-electron chi connectivity index (χ3n) is 4.96. The Labute approximate surface area is 172 Å². The molecule has 0 heterocycles. The summed E-state index contributed by atoms with van der Waals surface area (Å²) in [6.45, 7) is 0. The van der Waals surface area contributed by atoms with Crippen molar-refractivity contribution in [1.29, 1.82) is 0 Å². The lowest BCUT2D eigenvalue weighted by Gasteiger charge is -2.28. The molecule has 0 aliphatic rings. The summed E-state index contributed by atoms with van der Waals surface area (Å²) in [7, 11) is -2.04. The van der Waals surface area contributed by atoms with Crippen LogP contribution in [0.15, 0.2) is 115 Å². The van der Waals surface area contributed by atoms with Crippen LogP contribution in [-0.2, 0) is 6.16 Å². The van der Waals surface area contributed by atoms with Crippen LogP contribution >= 0.6 is 7.26 Å². The molecule has 0 aliphatic carbocycles. The Morgan fingerprint density at radius 3 is 1.25 bits per heavy atom. The van der Waals surface area contributed by atoms with Crippen molar-refractivity contribution in [2.75, 3.05) is 0 Å². The highest BCUT2D eigenvalue weighted by molar-refractivity contribution is 7.95. The monoisotopic (exact) mass is 406 g/mol. The zero-order valence-electron chi connectivity index (χ0n) is 15.4. The summed E-state index contributed by atoms with van der Waals surface area (Å²) in [5.41, 5.74) is 0.766. The molecule has 0 saturated carbocycles. The van der Waals surface area contributed by atoms with Crippen molar-refractivity contribution >= 4 is 23.2 Å². The zero-order valence-corrected chi connectivity index (χ0v) is 17.0. The minimum Gasteiger partial charge on any atom is -1.00 e. The molecule has 0 nitrogen and oxygen atoms in total. The van der Waals surface area contributed by atoms with E-state index in [2.05, 4.69) is 72.8 Å². The van der Waals surface area contributed by atoms with Gasteiger partial charge in [-0.15, -0.1) is 0 Å². The summed E-state index contributed by atoms with van der Waals surface area (Å²) in [4.78, 5) is 0. The number of rotatable bonds is 5. The van der Waals surface area contributed by atoms with E-state index in [1.165, 1.54) is 15.9 Å². The molecule has 4 aromatic carbocycles. The van der Waals surface area contributed by atoms with Crippen LogP contribution in [0.1, 0.15) is 5.56 Å². The molecule has 28 heavy (non-hydrogen) atoms. The van der Waals surface area contributed by atoms with E-state index in [0.29, 0.717) is 6.16 Å². The lowest BCUT2D eigenvalue weighted by atomic mass is 10.2. The van der Waals surface area contributed by atoms with Gasteiger partial charge in [0.1, 0.15) is 35.2 Å². The number of hydrogen-bond acceptors (Lipinski definition) is 0. The predicted octanol–water partition coefficient (Wildman–Crippen LogP) is 2.32. The highest BCUT2D eigenvalue weighted by Crippen LogP contribution is 2.58. The quantitative estimate of drug-likeness (QED) is 0.446. The van der Waals surface area contributed by atoms with Crippen molar-refractivity contribution in [3.8, 4) is 0 Å². The molecule has 0 aromatic heterocycles. The normalized spacial score (nSPS) is 10.9. The molecule has 0 unspecified atom stereocenters. The summed E-state index contributed by atoms with van der Waals surface area (Å²) in [5, 5.41) is 3.81. The maximum atomic E-state index is 14.7. The van der Waals surface area contributed by atoms with Gasteiger partial charge in [0.15, 0.2) is 0 Å². The van der Waals surface area contributed by atoms with E-state index < -0.39 is 7.26 Å². The van der Waals surface area contributed by atoms with Crippen molar-refractivity contribution in [2.24, 2.45) is 0 Å². The maximum Gasteiger partial charge on any atom is 0.130 e. The van der Waals surface area contributed by atoms with Gasteiger partial charge in [0.2, 0.25) is 0 Å². The smallest absolute Gasteiger partial charge is 0.130 e. The largest absolute Gasteiger partial charge is 1.00 e. The molecular weight excluding hydrogens is 386 g/mol. The van der Waals surface area contributed by atoms with Crippen LogP contribution < -0.4 is 28.3 Å². The average molecular weight is 407 g/mol. The Kier molecular flexibility index (Phi) is 6.62. The third-order valence-corrected chi connectivity index (χ3v) is 9.31. The molecule has 3 heteroatoms. The lowest BCUT2D eigenvalue weighted by Crippen LogP contribution is -3.00. The molecule has 140 valence electrons. The fourth-order valence-electron chi connectivity index (χ4n) is 3.65. The molecule has 0 radical (unpaired) electrons. The number of halogens is 2. The molecule has 0 atom stereocenters. The van der Waals surface area contributed by atoms with Crippen LogP contribution in [0.3, 0.4) is 0 Å². The fraction of sp³-hybridized carbons (Fsp3) is 0.0400. The van der Waals surface area contributed by atoms with Crippen molar-refractivity contribution in [3.05, 3.63) is 127 Å². The summed E-state index contributed by atoms with van der Waals surface area (Å²) in [5.74, 6) is -0.135. The van der Waals surface area contributed by atoms with Gasteiger partial charge in [-0.2, -0.15) is 0 Å². The topological polar surface area (TPSA) is 0 Å². The Hall–Kier alpha value is -2.47. The second-order valence-corrected chi connectivity index (χ2v) is 10.1. The highest BCUT2D eigenvalue weighted by atomic mass is 35.5. The Morgan fingerprint density at radius 2 is 0.857 bits per heavy atom. The molecule has 0 fully saturated rings. The Balaban J connectivity index is 0.00000225. The third kappa shape index (κ3) is 3.87. The van der Waals surface area contributed by atoms with E-state index >= 15 is 0 Å². The summed E-state index contributed by atoms with van der Waals surface area (Å²) in [6, 6.07) is 38.9. The second kappa shape index (κ2) is 9.15. The van der Waals surface area contributed by atoms with E-state index in [4.69, 9.17) is 0 Å². The molecule has 0 N–H and O–H groups in total. The molecule has 0 saturated heterocycles. The maximum absolute atomic E-state index is 14.7. The van der Waals surface area contributed by atoms with E-state index in [1.807, 2.05) is 30.3 Å². The lowest BCUT2D eigenvalue weighted by molar-refractivity contribution is -0.00000579. The van der Waals surface area contributed by atoms with Gasteiger partial charge in [0.05, 0.1) is 0 Å². The van der Waals surface area contributed by atoms with Crippen LogP contribution in [0, 0.1) is 5.82 Å². The van der Waals surface area contributed by atoms with E-state index in [9.17, 15) is 4.39 Å². The average Bonchev–Trinajstić information content (AvgIpc) is 2.75. The molecule has 4 aromatic rings. The standard InChI is InChI=1S/C25H21FP.ClH/c26-25-19-11-10-12-21(25)20-27(22-13-4-1-5-14-22,23-15-6-2-7-16-23)24-17-8-3-9-18-24;/h1-19H,20H2;1H/q+1;/p-1. The van der Waals surface area contributed by atoms with Crippen LogP contribution in [0.2, 0.25) is 0 Å². The first kappa shape index (κ1) is 20.3. The molecule has 0 aliphatic heterocycles. The van der Waals surface area contributed by atoms with Crippen molar-refractivity contribution < 1.29 is 16.8 Å². The van der Waals surface area contributed by atoms with Gasteiger partial charge in [-0.25, -0.2) is 4.39 Å². The summed E-state index contributed by atoms with van der Waals surface area (Å²) in [6.07, 6.45) is 0.664. The SMILES string of the molecule is Fc1ccccc1C[P+](c1ccccc1)(c1ccccc1)c1ccccc1.[Cl-]. The number of benzene rings is 4. The van der Waals surface area contributed by atoms with Gasteiger partial charge in [-0.1, -0.05) is 72.8 Å². The zero-order chi connectivity index (χ0) is 18.5. The minimum atomic E-state index is -2.04.